The monoisotopic (exact) mass is 237 g/mol. The summed E-state index contributed by atoms with van der Waals surface area (Å²) >= 11 is 0. The topological polar surface area (TPSA) is 51.0 Å². The highest BCUT2D eigenvalue weighted by Crippen LogP contribution is 2.29. The third-order valence-electron chi connectivity index (χ3n) is 3.54. The van der Waals surface area contributed by atoms with E-state index in [1.54, 1.807) is 0 Å². The SMILES string of the molecule is CC(C)CC1CCCC(NCc2ncon2)C1. The smallest absolute Gasteiger partial charge is 0.213 e. The first kappa shape index (κ1) is 12.6. The standard InChI is InChI=1S/C13H23N3O/c1-10(2)6-11-4-3-5-12(7-11)14-8-13-15-9-17-16-13/h9-12,14H,3-8H2,1-2H3. The summed E-state index contributed by atoms with van der Waals surface area (Å²) in [5.74, 6) is 2.47. The summed E-state index contributed by atoms with van der Waals surface area (Å²) in [6, 6.07) is 0.631. The summed E-state index contributed by atoms with van der Waals surface area (Å²) in [4.78, 5) is 4.03. The molecule has 2 atom stereocenters. The van der Waals surface area contributed by atoms with E-state index >= 15 is 0 Å². The van der Waals surface area contributed by atoms with Gasteiger partial charge < -0.3 is 9.84 Å². The van der Waals surface area contributed by atoms with Gasteiger partial charge >= 0.3 is 0 Å². The molecule has 1 aliphatic carbocycles. The van der Waals surface area contributed by atoms with Gasteiger partial charge in [-0.15, -0.1) is 0 Å². The van der Waals surface area contributed by atoms with Gasteiger partial charge in [0.25, 0.3) is 0 Å². The van der Waals surface area contributed by atoms with Crippen molar-refractivity contribution >= 4 is 0 Å². The molecule has 17 heavy (non-hydrogen) atoms. The molecule has 0 bridgehead atoms. The van der Waals surface area contributed by atoms with Crippen LogP contribution in [0.3, 0.4) is 0 Å². The van der Waals surface area contributed by atoms with E-state index in [2.05, 4.69) is 29.3 Å². The first-order chi connectivity index (χ1) is 8.24. The van der Waals surface area contributed by atoms with E-state index in [4.69, 9.17) is 4.52 Å². The van der Waals surface area contributed by atoms with Crippen molar-refractivity contribution in [3.8, 4) is 0 Å². The molecule has 4 nitrogen and oxygen atoms in total. The molecular formula is C13H23N3O. The van der Waals surface area contributed by atoms with Gasteiger partial charge in [-0.1, -0.05) is 31.8 Å². The lowest BCUT2D eigenvalue weighted by atomic mass is 9.81. The zero-order valence-electron chi connectivity index (χ0n) is 10.9. The Morgan fingerprint density at radius 1 is 1.47 bits per heavy atom. The average molecular weight is 237 g/mol. The summed E-state index contributed by atoms with van der Waals surface area (Å²) in [5.41, 5.74) is 0. The second-order valence-electron chi connectivity index (χ2n) is 5.59. The molecule has 96 valence electrons. The van der Waals surface area contributed by atoms with E-state index in [1.807, 2.05) is 0 Å². The van der Waals surface area contributed by atoms with Gasteiger partial charge in [-0.3, -0.25) is 0 Å². The zero-order chi connectivity index (χ0) is 12.1. The molecule has 0 saturated heterocycles. The van der Waals surface area contributed by atoms with Crippen LogP contribution in [0.2, 0.25) is 0 Å². The van der Waals surface area contributed by atoms with Crippen molar-refractivity contribution < 1.29 is 4.52 Å². The van der Waals surface area contributed by atoms with E-state index in [0.717, 1.165) is 24.2 Å². The molecule has 2 unspecified atom stereocenters. The van der Waals surface area contributed by atoms with Crippen molar-refractivity contribution in [3.63, 3.8) is 0 Å². The molecule has 0 spiro atoms. The summed E-state index contributed by atoms with van der Waals surface area (Å²) in [7, 11) is 0. The second-order valence-corrected chi connectivity index (χ2v) is 5.59. The Hall–Kier alpha value is -0.900. The van der Waals surface area contributed by atoms with Crippen LogP contribution in [0.25, 0.3) is 0 Å². The van der Waals surface area contributed by atoms with Crippen LogP contribution in [0, 0.1) is 11.8 Å². The molecule has 1 saturated carbocycles. The molecule has 0 aliphatic heterocycles. The molecule has 1 aromatic heterocycles. The van der Waals surface area contributed by atoms with Crippen molar-refractivity contribution in [2.45, 2.75) is 58.5 Å². The lowest BCUT2D eigenvalue weighted by Gasteiger charge is -2.30. The molecule has 1 aliphatic rings. The first-order valence-electron chi connectivity index (χ1n) is 6.72. The number of aromatic nitrogens is 2. The highest BCUT2D eigenvalue weighted by Gasteiger charge is 2.22. The fraction of sp³-hybridized carbons (Fsp3) is 0.846. The Balaban J connectivity index is 1.73. The van der Waals surface area contributed by atoms with Crippen molar-refractivity contribution in [2.75, 3.05) is 0 Å². The first-order valence-corrected chi connectivity index (χ1v) is 6.72. The molecule has 1 fully saturated rings. The molecule has 0 radical (unpaired) electrons. The van der Waals surface area contributed by atoms with Gasteiger partial charge in [-0.25, -0.2) is 0 Å². The Bertz CT molecular complexity index is 310. The van der Waals surface area contributed by atoms with Crippen LogP contribution in [0.4, 0.5) is 0 Å². The molecule has 1 heterocycles. The minimum absolute atomic E-state index is 0.631. The van der Waals surface area contributed by atoms with Gasteiger partial charge in [-0.2, -0.15) is 4.98 Å². The van der Waals surface area contributed by atoms with Gasteiger partial charge in [0.05, 0.1) is 6.54 Å². The minimum Gasteiger partial charge on any atom is -0.343 e. The molecule has 0 amide bonds. The maximum Gasteiger partial charge on any atom is 0.213 e. The van der Waals surface area contributed by atoms with Gasteiger partial charge in [0.2, 0.25) is 6.39 Å². The Labute approximate surface area is 103 Å². The Kier molecular flexibility index (Phi) is 4.54. The number of nitrogens with zero attached hydrogens (tertiary/aromatic N) is 2. The highest BCUT2D eigenvalue weighted by atomic mass is 16.5. The lowest BCUT2D eigenvalue weighted by Crippen LogP contribution is -2.34. The maximum atomic E-state index is 4.73. The Morgan fingerprint density at radius 2 is 2.35 bits per heavy atom. The third kappa shape index (κ3) is 4.11. The van der Waals surface area contributed by atoms with E-state index in [1.165, 1.54) is 38.5 Å². The normalized spacial score (nSPS) is 25.4. The van der Waals surface area contributed by atoms with Gasteiger partial charge in [0, 0.05) is 6.04 Å². The second kappa shape index (κ2) is 6.15. The largest absolute Gasteiger partial charge is 0.343 e. The van der Waals surface area contributed by atoms with Gasteiger partial charge in [0.15, 0.2) is 5.82 Å². The van der Waals surface area contributed by atoms with Crippen molar-refractivity contribution in [2.24, 2.45) is 11.8 Å². The van der Waals surface area contributed by atoms with Crippen LogP contribution in [-0.2, 0) is 6.54 Å². The van der Waals surface area contributed by atoms with E-state index in [-0.39, 0.29) is 0 Å². The molecular weight excluding hydrogens is 214 g/mol. The van der Waals surface area contributed by atoms with Crippen molar-refractivity contribution in [1.29, 1.82) is 0 Å². The fourth-order valence-corrected chi connectivity index (χ4v) is 2.86. The van der Waals surface area contributed by atoms with Gasteiger partial charge in [0.1, 0.15) is 0 Å². The van der Waals surface area contributed by atoms with Crippen molar-refractivity contribution in [1.82, 2.24) is 15.5 Å². The number of nitrogens with one attached hydrogen (secondary N) is 1. The number of hydrogen-bond acceptors (Lipinski definition) is 4. The van der Waals surface area contributed by atoms with Crippen molar-refractivity contribution in [3.05, 3.63) is 12.2 Å². The summed E-state index contributed by atoms with van der Waals surface area (Å²) in [5, 5.41) is 7.36. The highest BCUT2D eigenvalue weighted by molar-refractivity contribution is 4.82. The molecule has 4 heteroatoms. The van der Waals surface area contributed by atoms with Gasteiger partial charge in [-0.05, 0) is 31.1 Å². The fourth-order valence-electron chi connectivity index (χ4n) is 2.86. The predicted molar refractivity (Wildman–Crippen MR) is 66.3 cm³/mol. The van der Waals surface area contributed by atoms with Crippen LogP contribution in [0.15, 0.2) is 10.9 Å². The Morgan fingerprint density at radius 3 is 3.06 bits per heavy atom. The average Bonchev–Trinajstić information content (AvgIpc) is 2.79. The predicted octanol–water partition coefficient (Wildman–Crippen LogP) is 2.76. The molecule has 2 rings (SSSR count). The van der Waals surface area contributed by atoms with Crippen LogP contribution < -0.4 is 5.32 Å². The van der Waals surface area contributed by atoms with E-state index in [0.29, 0.717) is 6.04 Å². The summed E-state index contributed by atoms with van der Waals surface area (Å²) in [6.07, 6.45) is 8.09. The summed E-state index contributed by atoms with van der Waals surface area (Å²) < 4.78 is 4.73. The summed E-state index contributed by atoms with van der Waals surface area (Å²) in [6.45, 7) is 5.36. The van der Waals surface area contributed by atoms with Crippen LogP contribution in [-0.4, -0.2) is 16.2 Å². The van der Waals surface area contributed by atoms with Crippen LogP contribution >= 0.6 is 0 Å². The number of rotatable bonds is 5. The third-order valence-corrected chi connectivity index (χ3v) is 3.54. The zero-order valence-corrected chi connectivity index (χ0v) is 10.9. The lowest BCUT2D eigenvalue weighted by molar-refractivity contribution is 0.250. The van der Waals surface area contributed by atoms with E-state index in [9.17, 15) is 0 Å². The van der Waals surface area contributed by atoms with Crippen LogP contribution in [0.5, 0.6) is 0 Å². The van der Waals surface area contributed by atoms with Crippen LogP contribution in [0.1, 0.15) is 51.8 Å². The minimum atomic E-state index is 0.631. The molecule has 1 N–H and O–H groups in total. The molecule has 1 aromatic rings. The van der Waals surface area contributed by atoms with E-state index < -0.39 is 0 Å². The number of hydrogen-bond donors (Lipinski definition) is 1. The molecule has 0 aromatic carbocycles. The maximum absolute atomic E-state index is 4.73. The quantitative estimate of drug-likeness (QED) is 0.855.